The number of halogens is 3. The molecule has 2 N–H and O–H groups in total. The lowest BCUT2D eigenvalue weighted by molar-refractivity contribution is -0.137. The number of benzene rings is 1. The first kappa shape index (κ1) is 17.6. The normalized spacial score (nSPS) is 21.7. The number of hydrogen-bond donors (Lipinski definition) is 2. The quantitative estimate of drug-likeness (QED) is 0.792. The Hall–Kier alpha value is -1.74. The Bertz CT molecular complexity index is 566. The van der Waals surface area contributed by atoms with Crippen molar-refractivity contribution in [3.63, 3.8) is 0 Å². The lowest BCUT2D eigenvalue weighted by Gasteiger charge is -2.27. The maximum absolute atomic E-state index is 12.6. The van der Waals surface area contributed by atoms with Crippen LogP contribution < -0.4 is 5.32 Å². The third kappa shape index (κ3) is 4.87. The Morgan fingerprint density at radius 3 is 2.65 bits per heavy atom. The van der Waals surface area contributed by atoms with E-state index >= 15 is 0 Å². The monoisotopic (exact) mass is 326 g/mol. The molecule has 0 saturated heterocycles. The van der Waals surface area contributed by atoms with E-state index < -0.39 is 11.7 Å². The second kappa shape index (κ2) is 7.69. The summed E-state index contributed by atoms with van der Waals surface area (Å²) in [7, 11) is 0. The van der Waals surface area contributed by atoms with Crippen molar-refractivity contribution in [2.45, 2.75) is 50.8 Å². The highest BCUT2D eigenvalue weighted by atomic mass is 19.4. The fraction of sp³-hybridized carbons (Fsp3) is 0.588. The summed E-state index contributed by atoms with van der Waals surface area (Å²) in [5.41, 5.74) is -0.396. The molecule has 1 fully saturated rings. The molecule has 0 amide bonds. The van der Waals surface area contributed by atoms with Gasteiger partial charge < -0.3 is 10.4 Å². The van der Waals surface area contributed by atoms with E-state index in [0.29, 0.717) is 18.2 Å². The van der Waals surface area contributed by atoms with Crippen LogP contribution in [0, 0.1) is 17.2 Å². The van der Waals surface area contributed by atoms with Crippen molar-refractivity contribution in [3.8, 4) is 6.07 Å². The number of nitriles is 1. The number of hydrogen-bond acceptors (Lipinski definition) is 3. The zero-order valence-corrected chi connectivity index (χ0v) is 12.9. The van der Waals surface area contributed by atoms with E-state index in [2.05, 4.69) is 5.32 Å². The Morgan fingerprint density at radius 2 is 2.00 bits per heavy atom. The third-order valence-corrected chi connectivity index (χ3v) is 4.40. The number of rotatable bonds is 5. The summed E-state index contributed by atoms with van der Waals surface area (Å²) in [6.45, 7) is 0.573. The van der Waals surface area contributed by atoms with Gasteiger partial charge >= 0.3 is 6.18 Å². The molecule has 1 aromatic carbocycles. The first-order valence-electron chi connectivity index (χ1n) is 7.95. The molecule has 6 heteroatoms. The summed E-state index contributed by atoms with van der Waals surface area (Å²) in [6, 6.07) is 4.95. The molecule has 2 rings (SSSR count). The van der Waals surface area contributed by atoms with E-state index in [0.717, 1.165) is 50.7 Å². The number of aliphatic hydroxyl groups is 1. The highest BCUT2D eigenvalue weighted by molar-refractivity contribution is 5.58. The Morgan fingerprint density at radius 1 is 1.26 bits per heavy atom. The van der Waals surface area contributed by atoms with Crippen molar-refractivity contribution < 1.29 is 18.3 Å². The Kier molecular flexibility index (Phi) is 5.89. The van der Waals surface area contributed by atoms with Gasteiger partial charge in [0.1, 0.15) is 6.07 Å². The summed E-state index contributed by atoms with van der Waals surface area (Å²) < 4.78 is 37.9. The first-order chi connectivity index (χ1) is 10.9. The van der Waals surface area contributed by atoms with Gasteiger partial charge in [0, 0.05) is 6.54 Å². The molecular formula is C17H21F3N2O. The van der Waals surface area contributed by atoms with Crippen LogP contribution in [-0.2, 0) is 6.18 Å². The van der Waals surface area contributed by atoms with Gasteiger partial charge in [0.15, 0.2) is 0 Å². The maximum atomic E-state index is 12.6. The van der Waals surface area contributed by atoms with Gasteiger partial charge in [0.2, 0.25) is 0 Å². The van der Waals surface area contributed by atoms with Crippen LogP contribution in [0.3, 0.4) is 0 Å². The Balaban J connectivity index is 1.87. The van der Waals surface area contributed by atoms with Crippen LogP contribution >= 0.6 is 0 Å². The van der Waals surface area contributed by atoms with Gasteiger partial charge in [-0.1, -0.05) is 12.8 Å². The number of aliphatic hydroxyl groups excluding tert-OH is 1. The van der Waals surface area contributed by atoms with Crippen LogP contribution in [0.1, 0.15) is 49.7 Å². The van der Waals surface area contributed by atoms with E-state index in [4.69, 9.17) is 5.26 Å². The van der Waals surface area contributed by atoms with Crippen molar-refractivity contribution in [2.75, 3.05) is 11.9 Å². The number of nitrogens with one attached hydrogen (secondary N) is 1. The van der Waals surface area contributed by atoms with E-state index in [9.17, 15) is 18.3 Å². The van der Waals surface area contributed by atoms with E-state index in [-0.39, 0.29) is 11.7 Å². The number of nitrogens with zero attached hydrogens (tertiary/aromatic N) is 1. The van der Waals surface area contributed by atoms with Gasteiger partial charge in [0.05, 0.1) is 22.9 Å². The van der Waals surface area contributed by atoms with Gasteiger partial charge in [0.25, 0.3) is 0 Å². The predicted molar refractivity (Wildman–Crippen MR) is 81.8 cm³/mol. The molecule has 1 aromatic rings. The van der Waals surface area contributed by atoms with Crippen LogP contribution in [-0.4, -0.2) is 17.8 Å². The first-order valence-corrected chi connectivity index (χ1v) is 7.95. The number of anilines is 1. The zero-order valence-electron chi connectivity index (χ0n) is 12.9. The highest BCUT2D eigenvalue weighted by Crippen LogP contribution is 2.32. The van der Waals surface area contributed by atoms with Crippen LogP contribution in [0.25, 0.3) is 0 Å². The molecular weight excluding hydrogens is 305 g/mol. The van der Waals surface area contributed by atoms with Crippen molar-refractivity contribution in [1.82, 2.24) is 0 Å². The van der Waals surface area contributed by atoms with Crippen molar-refractivity contribution in [2.24, 2.45) is 5.92 Å². The summed E-state index contributed by atoms with van der Waals surface area (Å²) in [4.78, 5) is 0. The van der Waals surface area contributed by atoms with E-state index in [1.54, 1.807) is 6.07 Å². The largest absolute Gasteiger partial charge is 0.416 e. The number of alkyl halides is 3. The average Bonchev–Trinajstić information content (AvgIpc) is 2.52. The summed E-state index contributed by atoms with van der Waals surface area (Å²) in [5.74, 6) is 0.314. The molecule has 1 aliphatic carbocycles. The van der Waals surface area contributed by atoms with Gasteiger partial charge in [-0.25, -0.2) is 0 Å². The maximum Gasteiger partial charge on any atom is 0.416 e. The third-order valence-electron chi connectivity index (χ3n) is 4.40. The van der Waals surface area contributed by atoms with Crippen LogP contribution in [0.4, 0.5) is 18.9 Å². The standard InChI is InChI=1S/C17H21F3N2O/c18-17(19,20)14-7-8-15(13(10-14)11-21)22-9-3-5-12-4-1-2-6-16(12)23/h7-8,10,12,16,22-23H,1-6,9H2. The average molecular weight is 326 g/mol. The molecule has 0 aliphatic heterocycles. The van der Waals surface area contributed by atoms with Crippen LogP contribution in [0.5, 0.6) is 0 Å². The molecule has 1 saturated carbocycles. The summed E-state index contributed by atoms with van der Waals surface area (Å²) >= 11 is 0. The molecule has 23 heavy (non-hydrogen) atoms. The van der Waals surface area contributed by atoms with E-state index in [1.807, 2.05) is 0 Å². The van der Waals surface area contributed by atoms with Crippen molar-refractivity contribution in [3.05, 3.63) is 29.3 Å². The van der Waals surface area contributed by atoms with Crippen LogP contribution in [0.15, 0.2) is 18.2 Å². The molecule has 2 atom stereocenters. The molecule has 0 aromatic heterocycles. The molecule has 1 aliphatic rings. The highest BCUT2D eigenvalue weighted by Gasteiger charge is 2.31. The van der Waals surface area contributed by atoms with Crippen molar-refractivity contribution >= 4 is 5.69 Å². The Labute approximate surface area is 134 Å². The molecule has 126 valence electrons. The van der Waals surface area contributed by atoms with Gasteiger partial charge in [-0.05, 0) is 49.8 Å². The molecule has 3 nitrogen and oxygen atoms in total. The topological polar surface area (TPSA) is 56.0 Å². The van der Waals surface area contributed by atoms with Gasteiger partial charge in [-0.3, -0.25) is 0 Å². The predicted octanol–water partition coefficient (Wildman–Crippen LogP) is 4.32. The zero-order chi connectivity index (χ0) is 16.9. The molecule has 0 bridgehead atoms. The SMILES string of the molecule is N#Cc1cc(C(F)(F)F)ccc1NCCCC1CCCCC1O. The molecule has 0 spiro atoms. The molecule has 0 heterocycles. The summed E-state index contributed by atoms with van der Waals surface area (Å²) in [6.07, 6.45) is 1.13. The van der Waals surface area contributed by atoms with Crippen molar-refractivity contribution in [1.29, 1.82) is 5.26 Å². The lowest BCUT2D eigenvalue weighted by atomic mass is 9.83. The smallest absolute Gasteiger partial charge is 0.393 e. The van der Waals surface area contributed by atoms with Crippen LogP contribution in [0.2, 0.25) is 0 Å². The van der Waals surface area contributed by atoms with Gasteiger partial charge in [-0.15, -0.1) is 0 Å². The fourth-order valence-electron chi connectivity index (χ4n) is 3.08. The second-order valence-corrected chi connectivity index (χ2v) is 6.05. The fourth-order valence-corrected chi connectivity index (χ4v) is 3.08. The minimum atomic E-state index is -4.44. The molecule has 2 unspecified atom stereocenters. The lowest BCUT2D eigenvalue weighted by Crippen LogP contribution is -2.24. The van der Waals surface area contributed by atoms with Gasteiger partial charge in [-0.2, -0.15) is 18.4 Å². The minimum Gasteiger partial charge on any atom is -0.393 e. The van der Waals surface area contributed by atoms with E-state index in [1.165, 1.54) is 6.07 Å². The molecule has 0 radical (unpaired) electrons. The second-order valence-electron chi connectivity index (χ2n) is 6.05. The minimum absolute atomic E-state index is 0.00229. The summed E-state index contributed by atoms with van der Waals surface area (Å²) in [5, 5.41) is 21.9.